The van der Waals surface area contributed by atoms with Crippen LogP contribution in [-0.4, -0.2) is 42.9 Å². The van der Waals surface area contributed by atoms with Gasteiger partial charge in [-0.15, -0.1) is 0 Å². The Hall–Kier alpha value is -0.650. The van der Waals surface area contributed by atoms with E-state index < -0.39 is 6.10 Å². The molecule has 1 saturated carbocycles. The highest BCUT2D eigenvalue weighted by Crippen LogP contribution is 2.45. The van der Waals surface area contributed by atoms with E-state index in [2.05, 4.69) is 33.0 Å². The summed E-state index contributed by atoms with van der Waals surface area (Å²) >= 11 is 0. The SMILES string of the molecule is CCCCCCCCCCC(=O)OCC(O)CNCC1(C)CC(N)CC(C)(C)C1. The lowest BCUT2D eigenvalue weighted by molar-refractivity contribution is -0.146. The van der Waals surface area contributed by atoms with Crippen LogP contribution in [0.2, 0.25) is 0 Å². The molecule has 0 heterocycles. The zero-order valence-corrected chi connectivity index (χ0v) is 19.6. The lowest BCUT2D eigenvalue weighted by atomic mass is 9.63. The maximum Gasteiger partial charge on any atom is 0.305 e. The largest absolute Gasteiger partial charge is 0.463 e. The number of aliphatic hydroxyl groups is 1. The molecule has 0 aliphatic heterocycles. The lowest BCUT2D eigenvalue weighted by Gasteiger charge is -2.46. The Morgan fingerprint density at radius 3 is 2.34 bits per heavy atom. The second-order valence-corrected chi connectivity index (χ2v) is 10.5. The molecule has 0 aromatic carbocycles. The monoisotopic (exact) mass is 412 g/mol. The number of carbonyl (C=O) groups excluding carboxylic acids is 1. The third-order valence-electron chi connectivity index (χ3n) is 6.08. The fourth-order valence-corrected chi connectivity index (χ4v) is 5.11. The number of ether oxygens (including phenoxy) is 1. The Labute approximate surface area is 179 Å². The van der Waals surface area contributed by atoms with Gasteiger partial charge in [0, 0.05) is 25.6 Å². The molecular formula is C24H48N2O3. The molecule has 5 nitrogen and oxygen atoms in total. The van der Waals surface area contributed by atoms with Gasteiger partial charge in [0.1, 0.15) is 12.7 Å². The summed E-state index contributed by atoms with van der Waals surface area (Å²) in [6.07, 6.45) is 12.7. The van der Waals surface area contributed by atoms with Crippen LogP contribution in [0.1, 0.15) is 105 Å². The molecule has 1 aliphatic rings. The van der Waals surface area contributed by atoms with E-state index in [-0.39, 0.29) is 29.4 Å². The molecule has 0 bridgehead atoms. The average Bonchev–Trinajstić information content (AvgIpc) is 2.60. The minimum absolute atomic E-state index is 0.0740. The lowest BCUT2D eigenvalue weighted by Crippen LogP contribution is -2.47. The van der Waals surface area contributed by atoms with Crippen molar-refractivity contribution < 1.29 is 14.6 Å². The Morgan fingerprint density at radius 1 is 1.10 bits per heavy atom. The molecule has 0 spiro atoms. The van der Waals surface area contributed by atoms with Crippen LogP contribution in [0, 0.1) is 10.8 Å². The van der Waals surface area contributed by atoms with Gasteiger partial charge < -0.3 is 20.9 Å². The number of rotatable bonds is 15. The van der Waals surface area contributed by atoms with Crippen molar-refractivity contribution in [3.63, 3.8) is 0 Å². The van der Waals surface area contributed by atoms with E-state index in [0.717, 1.165) is 38.6 Å². The Balaban J connectivity index is 2.07. The first-order chi connectivity index (χ1) is 13.7. The zero-order valence-electron chi connectivity index (χ0n) is 19.6. The zero-order chi connectivity index (χ0) is 21.8. The summed E-state index contributed by atoms with van der Waals surface area (Å²) < 4.78 is 5.23. The predicted octanol–water partition coefficient (Wildman–Crippen LogP) is 4.55. The van der Waals surface area contributed by atoms with Crippen LogP contribution in [0.5, 0.6) is 0 Å². The number of unbranched alkanes of at least 4 members (excludes halogenated alkanes) is 7. The summed E-state index contributed by atoms with van der Waals surface area (Å²) in [5.41, 5.74) is 6.66. The van der Waals surface area contributed by atoms with Gasteiger partial charge in [0.05, 0.1) is 0 Å². The van der Waals surface area contributed by atoms with Crippen molar-refractivity contribution in [2.24, 2.45) is 16.6 Å². The fourth-order valence-electron chi connectivity index (χ4n) is 5.11. The minimum Gasteiger partial charge on any atom is -0.463 e. The van der Waals surface area contributed by atoms with E-state index in [4.69, 9.17) is 10.5 Å². The van der Waals surface area contributed by atoms with Crippen LogP contribution in [0.15, 0.2) is 0 Å². The first-order valence-electron chi connectivity index (χ1n) is 12.0. The van der Waals surface area contributed by atoms with E-state index in [1.54, 1.807) is 0 Å². The highest BCUT2D eigenvalue weighted by atomic mass is 16.5. The van der Waals surface area contributed by atoms with E-state index in [9.17, 15) is 9.90 Å². The van der Waals surface area contributed by atoms with Gasteiger partial charge >= 0.3 is 5.97 Å². The van der Waals surface area contributed by atoms with Gasteiger partial charge in [-0.1, -0.05) is 72.6 Å². The molecule has 3 unspecified atom stereocenters. The van der Waals surface area contributed by atoms with Crippen LogP contribution >= 0.6 is 0 Å². The van der Waals surface area contributed by atoms with Gasteiger partial charge in [-0.2, -0.15) is 0 Å². The smallest absolute Gasteiger partial charge is 0.305 e. The predicted molar refractivity (Wildman–Crippen MR) is 121 cm³/mol. The van der Waals surface area contributed by atoms with Crippen LogP contribution in [-0.2, 0) is 9.53 Å². The van der Waals surface area contributed by atoms with Crippen molar-refractivity contribution in [1.29, 1.82) is 0 Å². The molecule has 4 N–H and O–H groups in total. The number of nitrogens with one attached hydrogen (secondary N) is 1. The first-order valence-corrected chi connectivity index (χ1v) is 12.0. The van der Waals surface area contributed by atoms with Gasteiger partial charge in [-0.3, -0.25) is 4.79 Å². The van der Waals surface area contributed by atoms with Gasteiger partial charge in [-0.25, -0.2) is 0 Å². The molecule has 3 atom stereocenters. The van der Waals surface area contributed by atoms with Crippen LogP contribution in [0.3, 0.4) is 0 Å². The molecule has 1 rings (SSSR count). The molecule has 29 heavy (non-hydrogen) atoms. The standard InChI is InChI=1S/C24H48N2O3/c1-5-6-7-8-9-10-11-12-13-22(28)29-17-21(27)16-26-19-24(4)15-20(25)14-23(2,3)18-24/h20-21,26-27H,5-19,25H2,1-4H3. The highest BCUT2D eigenvalue weighted by molar-refractivity contribution is 5.69. The fraction of sp³-hybridized carbons (Fsp3) is 0.958. The minimum atomic E-state index is -0.661. The molecule has 5 heteroatoms. The molecular weight excluding hydrogens is 364 g/mol. The maximum atomic E-state index is 11.8. The van der Waals surface area contributed by atoms with E-state index in [0.29, 0.717) is 13.0 Å². The third-order valence-corrected chi connectivity index (χ3v) is 6.08. The Kier molecular flexibility index (Phi) is 12.4. The quantitative estimate of drug-likeness (QED) is 0.271. The van der Waals surface area contributed by atoms with Crippen molar-refractivity contribution >= 4 is 5.97 Å². The van der Waals surface area contributed by atoms with Crippen molar-refractivity contribution in [1.82, 2.24) is 5.32 Å². The van der Waals surface area contributed by atoms with Crippen LogP contribution in [0.4, 0.5) is 0 Å². The summed E-state index contributed by atoms with van der Waals surface area (Å²) in [5, 5.41) is 13.5. The molecule has 0 saturated heterocycles. The van der Waals surface area contributed by atoms with E-state index in [1.807, 2.05) is 0 Å². The van der Waals surface area contributed by atoms with Gasteiger partial charge in [0.15, 0.2) is 0 Å². The van der Waals surface area contributed by atoms with Crippen molar-refractivity contribution in [3.05, 3.63) is 0 Å². The highest BCUT2D eigenvalue weighted by Gasteiger charge is 2.39. The third kappa shape index (κ3) is 12.6. The molecule has 1 aliphatic carbocycles. The number of esters is 1. The summed E-state index contributed by atoms with van der Waals surface area (Å²) in [6.45, 7) is 10.4. The number of hydrogen-bond acceptors (Lipinski definition) is 5. The van der Waals surface area contributed by atoms with Gasteiger partial charge in [0.25, 0.3) is 0 Å². The topological polar surface area (TPSA) is 84.6 Å². The maximum absolute atomic E-state index is 11.8. The van der Waals surface area contributed by atoms with Crippen LogP contribution < -0.4 is 11.1 Å². The number of aliphatic hydroxyl groups excluding tert-OH is 1. The van der Waals surface area contributed by atoms with E-state index in [1.165, 1.54) is 38.5 Å². The summed E-state index contributed by atoms with van der Waals surface area (Å²) in [5.74, 6) is -0.193. The molecule has 0 radical (unpaired) electrons. The normalized spacial score (nSPS) is 25.0. The number of nitrogens with two attached hydrogens (primary N) is 1. The second-order valence-electron chi connectivity index (χ2n) is 10.5. The molecule has 172 valence electrons. The Bertz CT molecular complexity index is 455. The van der Waals surface area contributed by atoms with Crippen LogP contribution in [0.25, 0.3) is 0 Å². The second kappa shape index (κ2) is 13.6. The molecule has 0 aromatic heterocycles. The van der Waals surface area contributed by atoms with Gasteiger partial charge in [-0.05, 0) is 36.5 Å². The van der Waals surface area contributed by atoms with Gasteiger partial charge in [0.2, 0.25) is 0 Å². The molecule has 1 fully saturated rings. The number of carbonyl (C=O) groups is 1. The van der Waals surface area contributed by atoms with Crippen molar-refractivity contribution in [2.45, 2.75) is 117 Å². The number of hydrogen-bond donors (Lipinski definition) is 3. The van der Waals surface area contributed by atoms with E-state index >= 15 is 0 Å². The summed E-state index contributed by atoms with van der Waals surface area (Å²) in [6, 6.07) is 0.243. The first kappa shape index (κ1) is 26.4. The summed E-state index contributed by atoms with van der Waals surface area (Å²) in [7, 11) is 0. The molecule has 0 amide bonds. The van der Waals surface area contributed by atoms with Crippen molar-refractivity contribution in [2.75, 3.05) is 19.7 Å². The summed E-state index contributed by atoms with van der Waals surface area (Å²) in [4.78, 5) is 11.8. The van der Waals surface area contributed by atoms with Crippen molar-refractivity contribution in [3.8, 4) is 0 Å². The molecule has 0 aromatic rings. The average molecular weight is 413 g/mol. The Morgan fingerprint density at radius 2 is 1.72 bits per heavy atom.